The summed E-state index contributed by atoms with van der Waals surface area (Å²) in [5, 5.41) is 0. The van der Waals surface area contributed by atoms with E-state index in [0.717, 1.165) is 38.8 Å². The van der Waals surface area contributed by atoms with Crippen LogP contribution in [0.25, 0.3) is 0 Å². The zero-order valence-electron chi connectivity index (χ0n) is 8.25. The second kappa shape index (κ2) is 5.04. The summed E-state index contributed by atoms with van der Waals surface area (Å²) in [4.78, 5) is 13.4. The number of likely N-dealkylation sites (tertiary alicyclic amines) is 1. The molecule has 72 valence electrons. The van der Waals surface area contributed by atoms with Crippen LogP contribution < -0.4 is 0 Å². The Morgan fingerprint density at radius 2 is 2.46 bits per heavy atom. The first-order valence-electron chi connectivity index (χ1n) is 4.93. The van der Waals surface area contributed by atoms with Crippen LogP contribution in [0.1, 0.15) is 32.6 Å². The smallest absolute Gasteiger partial charge is 0.135 e. The van der Waals surface area contributed by atoms with E-state index in [0.29, 0.717) is 11.8 Å². The van der Waals surface area contributed by atoms with Crippen molar-refractivity contribution in [1.29, 1.82) is 0 Å². The lowest BCUT2D eigenvalue weighted by Gasteiger charge is -2.32. The number of hydrogen-bond acceptors (Lipinski definition) is 2. The molecule has 1 heterocycles. The molecule has 1 fully saturated rings. The molecule has 1 aliphatic heterocycles. The Morgan fingerprint density at radius 1 is 1.69 bits per heavy atom. The van der Waals surface area contributed by atoms with Gasteiger partial charge < -0.3 is 0 Å². The van der Waals surface area contributed by atoms with E-state index < -0.39 is 0 Å². The van der Waals surface area contributed by atoms with Crippen LogP contribution in [-0.4, -0.2) is 29.8 Å². The van der Waals surface area contributed by atoms with Gasteiger partial charge in [0.15, 0.2) is 0 Å². The number of hydrogen-bond donors (Lipinski definition) is 0. The monoisotopic (exact) mass is 179 g/mol. The summed E-state index contributed by atoms with van der Waals surface area (Å²) >= 11 is 0. The summed E-state index contributed by atoms with van der Waals surface area (Å²) in [7, 11) is 0. The molecule has 1 saturated heterocycles. The van der Waals surface area contributed by atoms with E-state index in [-0.39, 0.29) is 0 Å². The molecule has 0 N–H and O–H groups in total. The van der Waals surface area contributed by atoms with Crippen molar-refractivity contribution in [2.24, 2.45) is 0 Å². The van der Waals surface area contributed by atoms with Crippen molar-refractivity contribution >= 4 is 5.78 Å². The highest BCUT2D eigenvalue weighted by Crippen LogP contribution is 2.14. The van der Waals surface area contributed by atoms with Gasteiger partial charge in [-0.2, -0.15) is 0 Å². The molecule has 2 nitrogen and oxygen atoms in total. The topological polar surface area (TPSA) is 20.3 Å². The van der Waals surface area contributed by atoms with E-state index in [1.165, 1.54) is 0 Å². The summed E-state index contributed by atoms with van der Waals surface area (Å²) in [6, 6.07) is 0.416. The zero-order valence-corrected chi connectivity index (χ0v) is 8.25. The highest BCUT2D eigenvalue weighted by atomic mass is 16.1. The number of Topliss-reactive ketones (excluding diaryl/α,β-unsaturated/α-hetero) is 1. The van der Waals surface area contributed by atoms with E-state index in [1.807, 2.05) is 0 Å². The van der Waals surface area contributed by atoms with Crippen LogP contribution in [0.5, 0.6) is 0 Å². The average Bonchev–Trinajstić information content (AvgIpc) is 2.09. The standard InChI is InChI=1S/C11H17NO/c1-3-4-5-7-12-8-6-11(13)9-10(12)2/h1,10H,4-9H2,2H3. The summed E-state index contributed by atoms with van der Waals surface area (Å²) in [5.41, 5.74) is 0. The fourth-order valence-electron chi connectivity index (χ4n) is 1.77. The number of nitrogens with zero attached hydrogens (tertiary/aromatic N) is 1. The Morgan fingerprint density at radius 3 is 3.08 bits per heavy atom. The minimum absolute atomic E-state index is 0.403. The van der Waals surface area contributed by atoms with Gasteiger partial charge in [-0.1, -0.05) is 0 Å². The third-order valence-electron chi connectivity index (χ3n) is 2.59. The fourth-order valence-corrected chi connectivity index (χ4v) is 1.77. The van der Waals surface area contributed by atoms with Crippen LogP contribution in [0, 0.1) is 12.3 Å². The number of ketones is 1. The predicted octanol–water partition coefficient (Wildman–Crippen LogP) is 1.45. The molecule has 13 heavy (non-hydrogen) atoms. The first-order chi connectivity index (χ1) is 6.24. The van der Waals surface area contributed by atoms with Gasteiger partial charge in [-0.15, -0.1) is 12.3 Å². The molecule has 0 aromatic heterocycles. The Kier molecular flexibility index (Phi) is 3.98. The largest absolute Gasteiger partial charge is 0.300 e. The van der Waals surface area contributed by atoms with Crippen molar-refractivity contribution < 1.29 is 4.79 Å². The van der Waals surface area contributed by atoms with Gasteiger partial charge in [0, 0.05) is 31.8 Å². The maximum Gasteiger partial charge on any atom is 0.135 e. The highest BCUT2D eigenvalue weighted by molar-refractivity contribution is 5.79. The minimum atomic E-state index is 0.403. The van der Waals surface area contributed by atoms with Crippen LogP contribution in [0.2, 0.25) is 0 Å². The maximum absolute atomic E-state index is 11.1. The number of terminal acetylenes is 1. The number of carbonyl (C=O) groups excluding carboxylic acids is 1. The van der Waals surface area contributed by atoms with Gasteiger partial charge in [0.05, 0.1) is 0 Å². The summed E-state index contributed by atoms with van der Waals surface area (Å²) in [6.07, 6.45) is 8.51. The predicted molar refractivity (Wildman–Crippen MR) is 53.3 cm³/mol. The quantitative estimate of drug-likeness (QED) is 0.483. The Hall–Kier alpha value is -0.810. The molecular formula is C11H17NO. The van der Waals surface area contributed by atoms with Crippen LogP contribution in [0.15, 0.2) is 0 Å². The summed E-state index contributed by atoms with van der Waals surface area (Å²) < 4.78 is 0. The molecule has 0 amide bonds. The number of unbranched alkanes of at least 4 members (excludes halogenated alkanes) is 1. The third kappa shape index (κ3) is 3.20. The molecule has 1 rings (SSSR count). The normalized spacial score (nSPS) is 24.3. The fraction of sp³-hybridized carbons (Fsp3) is 0.727. The first kappa shape index (κ1) is 10.3. The molecular weight excluding hydrogens is 162 g/mol. The van der Waals surface area contributed by atoms with Crippen molar-refractivity contribution in [2.45, 2.75) is 38.6 Å². The first-order valence-corrected chi connectivity index (χ1v) is 4.93. The molecule has 0 aromatic carbocycles. The van der Waals surface area contributed by atoms with Crippen molar-refractivity contribution in [3.05, 3.63) is 0 Å². The van der Waals surface area contributed by atoms with E-state index in [1.54, 1.807) is 0 Å². The van der Waals surface area contributed by atoms with Crippen molar-refractivity contribution in [1.82, 2.24) is 4.90 Å². The summed E-state index contributed by atoms with van der Waals surface area (Å²) in [6.45, 7) is 4.08. The Balaban J connectivity index is 2.26. The Labute approximate surface area is 80.3 Å². The number of rotatable bonds is 3. The lowest BCUT2D eigenvalue weighted by atomic mass is 10.0. The third-order valence-corrected chi connectivity index (χ3v) is 2.59. The van der Waals surface area contributed by atoms with Crippen LogP contribution >= 0.6 is 0 Å². The number of carbonyl (C=O) groups is 1. The van der Waals surface area contributed by atoms with E-state index in [9.17, 15) is 4.79 Å². The Bertz CT molecular complexity index is 217. The van der Waals surface area contributed by atoms with Crippen LogP contribution in [0.4, 0.5) is 0 Å². The average molecular weight is 179 g/mol. The molecule has 0 bridgehead atoms. The molecule has 0 aliphatic carbocycles. The highest BCUT2D eigenvalue weighted by Gasteiger charge is 2.22. The molecule has 1 aliphatic rings. The minimum Gasteiger partial charge on any atom is -0.300 e. The van der Waals surface area contributed by atoms with Gasteiger partial charge in [0.25, 0.3) is 0 Å². The van der Waals surface area contributed by atoms with Gasteiger partial charge in [-0.05, 0) is 19.9 Å². The molecule has 1 unspecified atom stereocenters. The summed E-state index contributed by atoms with van der Waals surface area (Å²) in [5.74, 6) is 3.04. The van der Waals surface area contributed by atoms with Crippen molar-refractivity contribution in [3.63, 3.8) is 0 Å². The molecule has 1 atom stereocenters. The molecule has 0 radical (unpaired) electrons. The van der Waals surface area contributed by atoms with Crippen LogP contribution in [0.3, 0.4) is 0 Å². The lowest BCUT2D eigenvalue weighted by molar-refractivity contribution is -0.122. The van der Waals surface area contributed by atoms with Gasteiger partial charge in [-0.3, -0.25) is 9.69 Å². The lowest BCUT2D eigenvalue weighted by Crippen LogP contribution is -2.41. The molecule has 0 saturated carbocycles. The van der Waals surface area contributed by atoms with E-state index in [4.69, 9.17) is 6.42 Å². The molecule has 0 aromatic rings. The van der Waals surface area contributed by atoms with E-state index in [2.05, 4.69) is 17.7 Å². The van der Waals surface area contributed by atoms with E-state index >= 15 is 0 Å². The maximum atomic E-state index is 11.1. The second-order valence-corrected chi connectivity index (χ2v) is 3.69. The van der Waals surface area contributed by atoms with Crippen LogP contribution in [-0.2, 0) is 4.79 Å². The van der Waals surface area contributed by atoms with Crippen molar-refractivity contribution in [3.8, 4) is 12.3 Å². The number of piperidine rings is 1. The SMILES string of the molecule is C#CCCCN1CCC(=O)CC1C. The second-order valence-electron chi connectivity index (χ2n) is 3.69. The molecule has 0 spiro atoms. The van der Waals surface area contributed by atoms with Gasteiger partial charge in [0.2, 0.25) is 0 Å². The zero-order chi connectivity index (χ0) is 9.68. The van der Waals surface area contributed by atoms with Gasteiger partial charge in [-0.25, -0.2) is 0 Å². The van der Waals surface area contributed by atoms with Crippen molar-refractivity contribution in [2.75, 3.05) is 13.1 Å². The van der Waals surface area contributed by atoms with Gasteiger partial charge in [0.1, 0.15) is 5.78 Å². The van der Waals surface area contributed by atoms with Gasteiger partial charge >= 0.3 is 0 Å². The molecule has 2 heteroatoms.